The molecule has 0 aliphatic heterocycles. The number of rotatable bonds is 4. The molecule has 0 aliphatic carbocycles. The van der Waals surface area contributed by atoms with Crippen molar-refractivity contribution in [2.75, 3.05) is 0 Å². The number of nitrogens with one attached hydrogen (secondary N) is 1. The highest BCUT2D eigenvalue weighted by Crippen LogP contribution is 2.11. The first kappa shape index (κ1) is 16.4. The minimum atomic E-state index is -0.452. The first-order valence-corrected chi connectivity index (χ1v) is 6.08. The second-order valence-corrected chi connectivity index (χ2v) is 4.94. The Morgan fingerprint density at radius 3 is 2.35 bits per heavy atom. The summed E-state index contributed by atoms with van der Waals surface area (Å²) in [5, 5.41) is 2.87. The van der Waals surface area contributed by atoms with Crippen molar-refractivity contribution in [3.63, 3.8) is 0 Å². The number of hydrogen-bond acceptors (Lipinski definition) is 2. The number of carbonyl (C=O) groups is 1. The SMILES string of the molecule is CC(Cc1ccc(Br)cc1)NC(=O)[C@@H](C)N.Cl. The van der Waals surface area contributed by atoms with Gasteiger partial charge >= 0.3 is 0 Å². The summed E-state index contributed by atoms with van der Waals surface area (Å²) >= 11 is 3.38. The van der Waals surface area contributed by atoms with E-state index in [-0.39, 0.29) is 24.4 Å². The van der Waals surface area contributed by atoms with Crippen LogP contribution in [0.3, 0.4) is 0 Å². The van der Waals surface area contributed by atoms with Gasteiger partial charge in [-0.15, -0.1) is 12.4 Å². The molecule has 96 valence electrons. The Kier molecular flexibility index (Phi) is 7.43. The Hall–Kier alpha value is -0.580. The maximum Gasteiger partial charge on any atom is 0.236 e. The number of hydrogen-bond donors (Lipinski definition) is 2. The van der Waals surface area contributed by atoms with E-state index in [9.17, 15) is 4.79 Å². The summed E-state index contributed by atoms with van der Waals surface area (Å²) in [4.78, 5) is 11.4. The van der Waals surface area contributed by atoms with Gasteiger partial charge in [-0.1, -0.05) is 28.1 Å². The highest BCUT2D eigenvalue weighted by atomic mass is 79.9. The van der Waals surface area contributed by atoms with Crippen LogP contribution in [0.4, 0.5) is 0 Å². The molecule has 1 unspecified atom stereocenters. The second-order valence-electron chi connectivity index (χ2n) is 4.03. The number of benzene rings is 1. The smallest absolute Gasteiger partial charge is 0.236 e. The van der Waals surface area contributed by atoms with E-state index in [1.54, 1.807) is 6.92 Å². The predicted molar refractivity (Wildman–Crippen MR) is 76.3 cm³/mol. The van der Waals surface area contributed by atoms with E-state index in [0.29, 0.717) is 0 Å². The molecule has 17 heavy (non-hydrogen) atoms. The first-order chi connectivity index (χ1) is 7.49. The summed E-state index contributed by atoms with van der Waals surface area (Å²) in [5.41, 5.74) is 6.67. The number of amides is 1. The Morgan fingerprint density at radius 2 is 1.88 bits per heavy atom. The lowest BCUT2D eigenvalue weighted by Crippen LogP contribution is -2.43. The molecule has 0 fully saturated rings. The zero-order valence-corrected chi connectivity index (χ0v) is 12.3. The van der Waals surface area contributed by atoms with Crippen LogP contribution in [0.5, 0.6) is 0 Å². The van der Waals surface area contributed by atoms with Gasteiger partial charge in [-0.05, 0) is 38.0 Å². The minimum Gasteiger partial charge on any atom is -0.352 e. The Balaban J connectivity index is 0.00000256. The lowest BCUT2D eigenvalue weighted by molar-refractivity contribution is -0.122. The van der Waals surface area contributed by atoms with E-state index in [2.05, 4.69) is 21.2 Å². The van der Waals surface area contributed by atoms with Crippen molar-refractivity contribution in [2.45, 2.75) is 32.4 Å². The van der Waals surface area contributed by atoms with Gasteiger partial charge in [-0.2, -0.15) is 0 Å². The molecule has 0 bridgehead atoms. The molecular formula is C12H18BrClN2O. The van der Waals surface area contributed by atoms with Crippen LogP contribution in [0, 0.1) is 0 Å². The number of nitrogens with two attached hydrogens (primary N) is 1. The summed E-state index contributed by atoms with van der Waals surface area (Å²) < 4.78 is 1.06. The van der Waals surface area contributed by atoms with Gasteiger partial charge in [-0.25, -0.2) is 0 Å². The van der Waals surface area contributed by atoms with Gasteiger partial charge < -0.3 is 11.1 Å². The van der Waals surface area contributed by atoms with Gasteiger partial charge in [0, 0.05) is 10.5 Å². The lowest BCUT2D eigenvalue weighted by atomic mass is 10.1. The van der Waals surface area contributed by atoms with Crippen LogP contribution in [-0.4, -0.2) is 18.0 Å². The molecule has 1 aromatic rings. The predicted octanol–water partition coefficient (Wildman–Crippen LogP) is 2.27. The second kappa shape index (κ2) is 7.69. The van der Waals surface area contributed by atoms with Crippen molar-refractivity contribution < 1.29 is 4.79 Å². The number of carbonyl (C=O) groups excluding carboxylic acids is 1. The standard InChI is InChI=1S/C12H17BrN2O.ClH/c1-8(15-12(16)9(2)14)7-10-3-5-11(13)6-4-10;/h3-6,8-9H,7,14H2,1-2H3,(H,15,16);1H/t8?,9-;/m1./s1. The van der Waals surface area contributed by atoms with Gasteiger partial charge in [0.2, 0.25) is 5.91 Å². The first-order valence-electron chi connectivity index (χ1n) is 5.29. The zero-order chi connectivity index (χ0) is 12.1. The molecule has 0 aromatic heterocycles. The van der Waals surface area contributed by atoms with Crippen molar-refractivity contribution in [1.82, 2.24) is 5.32 Å². The fourth-order valence-electron chi connectivity index (χ4n) is 1.40. The molecule has 0 spiro atoms. The van der Waals surface area contributed by atoms with Crippen LogP contribution >= 0.6 is 28.3 Å². The van der Waals surface area contributed by atoms with Crippen molar-refractivity contribution >= 4 is 34.2 Å². The van der Waals surface area contributed by atoms with E-state index in [1.165, 1.54) is 5.56 Å². The van der Waals surface area contributed by atoms with Gasteiger partial charge in [0.25, 0.3) is 0 Å². The normalized spacial score (nSPS) is 13.4. The molecule has 0 saturated heterocycles. The molecule has 3 N–H and O–H groups in total. The number of halogens is 2. The lowest BCUT2D eigenvalue weighted by Gasteiger charge is -2.15. The fourth-order valence-corrected chi connectivity index (χ4v) is 1.66. The summed E-state index contributed by atoms with van der Waals surface area (Å²) in [6.07, 6.45) is 0.811. The van der Waals surface area contributed by atoms with Gasteiger partial charge in [0.1, 0.15) is 0 Å². The maximum atomic E-state index is 11.4. The monoisotopic (exact) mass is 320 g/mol. The molecule has 2 atom stereocenters. The quantitative estimate of drug-likeness (QED) is 0.894. The molecule has 0 radical (unpaired) electrons. The average Bonchev–Trinajstić information content (AvgIpc) is 2.21. The topological polar surface area (TPSA) is 55.1 Å². The molecule has 0 heterocycles. The third-order valence-corrected chi connectivity index (χ3v) is 2.79. The van der Waals surface area contributed by atoms with Crippen molar-refractivity contribution in [3.05, 3.63) is 34.3 Å². The molecule has 0 saturated carbocycles. The molecule has 0 aliphatic rings. The van der Waals surface area contributed by atoms with E-state index >= 15 is 0 Å². The third kappa shape index (κ3) is 6.05. The van der Waals surface area contributed by atoms with E-state index in [0.717, 1.165) is 10.9 Å². The van der Waals surface area contributed by atoms with Crippen molar-refractivity contribution in [3.8, 4) is 0 Å². The molecule has 1 amide bonds. The molecular weight excluding hydrogens is 304 g/mol. The maximum absolute atomic E-state index is 11.4. The van der Waals surface area contributed by atoms with Crippen molar-refractivity contribution in [2.24, 2.45) is 5.73 Å². The summed E-state index contributed by atoms with van der Waals surface area (Å²) in [5.74, 6) is -0.107. The third-order valence-electron chi connectivity index (χ3n) is 2.26. The van der Waals surface area contributed by atoms with Crippen LogP contribution in [0.1, 0.15) is 19.4 Å². The van der Waals surface area contributed by atoms with Crippen LogP contribution in [-0.2, 0) is 11.2 Å². The van der Waals surface area contributed by atoms with Crippen LogP contribution < -0.4 is 11.1 Å². The van der Waals surface area contributed by atoms with E-state index in [1.807, 2.05) is 31.2 Å². The fraction of sp³-hybridized carbons (Fsp3) is 0.417. The summed E-state index contributed by atoms with van der Waals surface area (Å²) in [7, 11) is 0. The van der Waals surface area contributed by atoms with E-state index < -0.39 is 6.04 Å². The van der Waals surface area contributed by atoms with Gasteiger partial charge in [-0.3, -0.25) is 4.79 Å². The Morgan fingerprint density at radius 1 is 1.35 bits per heavy atom. The summed E-state index contributed by atoms with van der Waals surface area (Å²) in [6.45, 7) is 3.66. The molecule has 1 aromatic carbocycles. The molecule has 5 heteroatoms. The van der Waals surface area contributed by atoms with Crippen LogP contribution in [0.25, 0.3) is 0 Å². The van der Waals surface area contributed by atoms with E-state index in [4.69, 9.17) is 5.73 Å². The van der Waals surface area contributed by atoms with Crippen molar-refractivity contribution in [1.29, 1.82) is 0 Å². The Bertz CT molecular complexity index is 354. The molecule has 1 rings (SSSR count). The summed E-state index contributed by atoms with van der Waals surface area (Å²) in [6, 6.07) is 7.72. The van der Waals surface area contributed by atoms with Gasteiger partial charge in [0.05, 0.1) is 6.04 Å². The molecule has 3 nitrogen and oxygen atoms in total. The largest absolute Gasteiger partial charge is 0.352 e. The van der Waals surface area contributed by atoms with Crippen LogP contribution in [0.15, 0.2) is 28.7 Å². The highest BCUT2D eigenvalue weighted by Gasteiger charge is 2.11. The van der Waals surface area contributed by atoms with Crippen LogP contribution in [0.2, 0.25) is 0 Å². The Labute approximate surface area is 117 Å². The zero-order valence-electron chi connectivity index (χ0n) is 9.94. The average molecular weight is 322 g/mol. The van der Waals surface area contributed by atoms with Gasteiger partial charge in [0.15, 0.2) is 0 Å². The highest BCUT2D eigenvalue weighted by molar-refractivity contribution is 9.10. The minimum absolute atomic E-state index is 0.